The number of aromatic nitrogens is 2. The van der Waals surface area contributed by atoms with Crippen LogP contribution in [0.25, 0.3) is 0 Å². The van der Waals surface area contributed by atoms with Gasteiger partial charge in [-0.15, -0.1) is 0 Å². The second kappa shape index (κ2) is 6.73. The minimum atomic E-state index is -0.286. The third-order valence-electron chi connectivity index (χ3n) is 2.75. The van der Waals surface area contributed by atoms with Crippen molar-refractivity contribution in [2.24, 2.45) is 0 Å². The fraction of sp³-hybridized carbons (Fsp3) is 0.286. The van der Waals surface area contributed by atoms with Crippen LogP contribution in [0.15, 0.2) is 41.3 Å². The molecule has 1 aromatic heterocycles. The summed E-state index contributed by atoms with van der Waals surface area (Å²) >= 11 is 3.37. The zero-order chi connectivity index (χ0) is 13.7. The first-order chi connectivity index (χ1) is 9.22. The molecule has 19 heavy (non-hydrogen) atoms. The van der Waals surface area contributed by atoms with Gasteiger partial charge in [-0.2, -0.15) is 0 Å². The number of benzene rings is 1. The summed E-state index contributed by atoms with van der Waals surface area (Å²) in [6, 6.07) is 4.63. The molecule has 1 unspecified atom stereocenters. The molecule has 3 nitrogen and oxygen atoms in total. The number of hydrogen-bond donors (Lipinski definition) is 1. The van der Waals surface area contributed by atoms with E-state index in [0.717, 1.165) is 17.4 Å². The minimum absolute atomic E-state index is 0.248. The molecule has 1 N–H and O–H groups in total. The Morgan fingerprint density at radius 2 is 2.21 bits per heavy atom. The molecule has 0 bridgehead atoms. The maximum atomic E-state index is 14.0. The highest BCUT2D eigenvalue weighted by atomic mass is 79.9. The van der Waals surface area contributed by atoms with Gasteiger partial charge in [0.15, 0.2) is 0 Å². The molecule has 0 spiro atoms. The van der Waals surface area contributed by atoms with E-state index in [4.69, 9.17) is 0 Å². The lowest BCUT2D eigenvalue weighted by molar-refractivity contribution is 0.538. The second-order valence-electron chi connectivity index (χ2n) is 4.18. The predicted molar refractivity (Wildman–Crippen MR) is 76.3 cm³/mol. The van der Waals surface area contributed by atoms with Crippen LogP contribution in [0.2, 0.25) is 0 Å². The van der Waals surface area contributed by atoms with Gasteiger partial charge < -0.3 is 5.32 Å². The van der Waals surface area contributed by atoms with E-state index in [0.29, 0.717) is 11.3 Å². The summed E-state index contributed by atoms with van der Waals surface area (Å²) in [5, 5.41) is 3.31. The van der Waals surface area contributed by atoms with Crippen molar-refractivity contribution >= 4 is 15.9 Å². The van der Waals surface area contributed by atoms with Crippen LogP contribution in [0.4, 0.5) is 4.39 Å². The van der Waals surface area contributed by atoms with Gasteiger partial charge in [0.1, 0.15) is 5.82 Å². The number of halogens is 2. The van der Waals surface area contributed by atoms with E-state index in [1.54, 1.807) is 30.7 Å². The molecule has 5 heteroatoms. The zero-order valence-electron chi connectivity index (χ0n) is 10.6. The zero-order valence-corrected chi connectivity index (χ0v) is 12.2. The Bertz CT molecular complexity index is 533. The van der Waals surface area contributed by atoms with Crippen molar-refractivity contribution in [3.8, 4) is 0 Å². The van der Waals surface area contributed by atoms with Crippen LogP contribution >= 0.6 is 15.9 Å². The molecule has 0 fully saturated rings. The van der Waals surface area contributed by atoms with Gasteiger partial charge in [-0.3, -0.25) is 9.97 Å². The summed E-state index contributed by atoms with van der Waals surface area (Å²) in [4.78, 5) is 8.33. The van der Waals surface area contributed by atoms with Crippen LogP contribution in [0.1, 0.15) is 30.6 Å². The number of nitrogens with zero attached hydrogens (tertiary/aromatic N) is 2. The van der Waals surface area contributed by atoms with Gasteiger partial charge in [0.25, 0.3) is 0 Å². The van der Waals surface area contributed by atoms with Crippen molar-refractivity contribution in [1.29, 1.82) is 0 Å². The highest BCUT2D eigenvalue weighted by Gasteiger charge is 2.18. The van der Waals surface area contributed by atoms with Crippen molar-refractivity contribution in [3.05, 3.63) is 58.3 Å². The van der Waals surface area contributed by atoms with Crippen molar-refractivity contribution < 1.29 is 4.39 Å². The van der Waals surface area contributed by atoms with Crippen LogP contribution in [-0.2, 0) is 0 Å². The summed E-state index contributed by atoms with van der Waals surface area (Å²) in [5.74, 6) is -0.248. The van der Waals surface area contributed by atoms with E-state index in [9.17, 15) is 4.39 Å². The standard InChI is InChI=1S/C14H15BrFN3/c1-2-5-19-14(13-9-17-6-7-18-13)11-8-10(15)3-4-12(11)16/h3-4,6-9,14,19H,2,5H2,1H3. The third-order valence-corrected chi connectivity index (χ3v) is 3.24. The Labute approximate surface area is 120 Å². The van der Waals surface area contributed by atoms with Gasteiger partial charge in [-0.1, -0.05) is 22.9 Å². The topological polar surface area (TPSA) is 37.8 Å². The molecule has 0 aliphatic carbocycles. The molecule has 1 heterocycles. The fourth-order valence-corrected chi connectivity index (χ4v) is 2.24. The molecule has 0 aliphatic rings. The summed E-state index contributed by atoms with van der Waals surface area (Å²) in [6.07, 6.45) is 5.85. The predicted octanol–water partition coefficient (Wildman–Crippen LogP) is 3.47. The molecule has 0 saturated carbocycles. The monoisotopic (exact) mass is 323 g/mol. The second-order valence-corrected chi connectivity index (χ2v) is 5.10. The van der Waals surface area contributed by atoms with Crippen molar-refractivity contribution in [1.82, 2.24) is 15.3 Å². The van der Waals surface area contributed by atoms with Gasteiger partial charge in [0, 0.05) is 22.4 Å². The van der Waals surface area contributed by atoms with E-state index in [1.165, 1.54) is 6.07 Å². The maximum absolute atomic E-state index is 14.0. The van der Waals surface area contributed by atoms with E-state index in [1.807, 2.05) is 0 Å². The van der Waals surface area contributed by atoms with Gasteiger partial charge in [-0.05, 0) is 31.2 Å². The lowest BCUT2D eigenvalue weighted by Crippen LogP contribution is -2.25. The summed E-state index contributed by atoms with van der Waals surface area (Å²) in [5.41, 5.74) is 1.29. The van der Waals surface area contributed by atoms with Gasteiger partial charge in [-0.25, -0.2) is 4.39 Å². The highest BCUT2D eigenvalue weighted by molar-refractivity contribution is 9.10. The number of rotatable bonds is 5. The van der Waals surface area contributed by atoms with Gasteiger partial charge in [0.05, 0.1) is 17.9 Å². The maximum Gasteiger partial charge on any atom is 0.128 e. The van der Waals surface area contributed by atoms with Crippen LogP contribution < -0.4 is 5.32 Å². The van der Waals surface area contributed by atoms with E-state index < -0.39 is 0 Å². The molecule has 1 aromatic carbocycles. The van der Waals surface area contributed by atoms with Crippen LogP contribution in [-0.4, -0.2) is 16.5 Å². The average molecular weight is 324 g/mol. The molecule has 0 aliphatic heterocycles. The SMILES string of the molecule is CCCNC(c1cnccn1)c1cc(Br)ccc1F. The van der Waals surface area contributed by atoms with Crippen LogP contribution in [0.3, 0.4) is 0 Å². The lowest BCUT2D eigenvalue weighted by Gasteiger charge is -2.19. The summed E-state index contributed by atoms with van der Waals surface area (Å²) in [6.45, 7) is 2.85. The third kappa shape index (κ3) is 3.58. The molecular weight excluding hydrogens is 309 g/mol. The molecule has 2 rings (SSSR count). The smallest absolute Gasteiger partial charge is 0.128 e. The summed E-state index contributed by atoms with van der Waals surface area (Å²) < 4.78 is 14.9. The van der Waals surface area contributed by atoms with E-state index in [2.05, 4.69) is 38.1 Å². The fourth-order valence-electron chi connectivity index (χ4n) is 1.86. The van der Waals surface area contributed by atoms with E-state index in [-0.39, 0.29) is 11.9 Å². The molecule has 0 saturated heterocycles. The summed E-state index contributed by atoms with van der Waals surface area (Å²) in [7, 11) is 0. The highest BCUT2D eigenvalue weighted by Crippen LogP contribution is 2.25. The Morgan fingerprint density at radius 1 is 1.37 bits per heavy atom. The van der Waals surface area contributed by atoms with Crippen molar-refractivity contribution in [3.63, 3.8) is 0 Å². The minimum Gasteiger partial charge on any atom is -0.305 e. The quantitative estimate of drug-likeness (QED) is 0.915. The number of nitrogens with one attached hydrogen (secondary N) is 1. The van der Waals surface area contributed by atoms with Crippen LogP contribution in [0, 0.1) is 5.82 Å². The molecule has 0 radical (unpaired) electrons. The first-order valence-electron chi connectivity index (χ1n) is 6.16. The average Bonchev–Trinajstić information content (AvgIpc) is 2.44. The van der Waals surface area contributed by atoms with Gasteiger partial charge >= 0.3 is 0 Å². The number of hydrogen-bond acceptors (Lipinski definition) is 3. The Balaban J connectivity index is 2.40. The molecule has 1 atom stereocenters. The van der Waals surface area contributed by atoms with E-state index >= 15 is 0 Å². The molecule has 0 amide bonds. The van der Waals surface area contributed by atoms with Crippen molar-refractivity contribution in [2.45, 2.75) is 19.4 Å². The Morgan fingerprint density at radius 3 is 2.89 bits per heavy atom. The largest absolute Gasteiger partial charge is 0.305 e. The van der Waals surface area contributed by atoms with Gasteiger partial charge in [0.2, 0.25) is 0 Å². The molecule has 2 aromatic rings. The lowest BCUT2D eigenvalue weighted by atomic mass is 10.0. The van der Waals surface area contributed by atoms with Crippen molar-refractivity contribution in [2.75, 3.05) is 6.54 Å². The first kappa shape index (κ1) is 14.1. The van der Waals surface area contributed by atoms with Crippen LogP contribution in [0.5, 0.6) is 0 Å². The Hall–Kier alpha value is -1.33. The molecule has 100 valence electrons. The first-order valence-corrected chi connectivity index (χ1v) is 6.96. The Kier molecular flexibility index (Phi) is 4.99. The molecular formula is C14H15BrFN3. The normalized spacial score (nSPS) is 12.4.